The summed E-state index contributed by atoms with van der Waals surface area (Å²) in [6.45, 7) is 5.71. The Labute approximate surface area is 99.5 Å². The van der Waals surface area contributed by atoms with Crippen LogP contribution in [0.25, 0.3) is 0 Å². The van der Waals surface area contributed by atoms with E-state index in [-0.39, 0.29) is 0 Å². The molecule has 1 fully saturated rings. The molecule has 0 aromatic carbocycles. The van der Waals surface area contributed by atoms with Crippen molar-refractivity contribution in [2.75, 3.05) is 19.3 Å². The van der Waals surface area contributed by atoms with Crippen LogP contribution >= 0.6 is 0 Å². The first-order chi connectivity index (χ1) is 7.43. The zero-order valence-corrected chi connectivity index (χ0v) is 11.4. The Morgan fingerprint density at radius 2 is 1.94 bits per heavy atom. The van der Waals surface area contributed by atoms with E-state index >= 15 is 0 Å². The van der Waals surface area contributed by atoms with E-state index in [9.17, 15) is 8.42 Å². The Hall–Kier alpha value is -0.130. The number of nitrogens with zero attached hydrogens (tertiary/aromatic N) is 1. The molecule has 0 aromatic rings. The molecule has 1 saturated heterocycles. The van der Waals surface area contributed by atoms with Crippen molar-refractivity contribution in [3.8, 4) is 0 Å². The summed E-state index contributed by atoms with van der Waals surface area (Å²) in [6.07, 6.45) is 5.53. The van der Waals surface area contributed by atoms with Crippen LogP contribution in [-0.2, 0) is 10.0 Å². The van der Waals surface area contributed by atoms with Crippen LogP contribution in [0.2, 0.25) is 0 Å². The Morgan fingerprint density at radius 3 is 2.38 bits per heavy atom. The number of hydrogen-bond donors (Lipinski definition) is 1. The summed E-state index contributed by atoms with van der Waals surface area (Å²) >= 11 is 0. The fraction of sp³-hybridized carbons (Fsp3) is 1.00. The monoisotopic (exact) mass is 248 g/mol. The molecule has 16 heavy (non-hydrogen) atoms. The summed E-state index contributed by atoms with van der Waals surface area (Å²) in [5.41, 5.74) is 0. The predicted octanol–water partition coefficient (Wildman–Crippen LogP) is 1.19. The lowest BCUT2D eigenvalue weighted by atomic mass is 10.0. The van der Waals surface area contributed by atoms with Crippen molar-refractivity contribution in [2.24, 2.45) is 0 Å². The van der Waals surface area contributed by atoms with Crippen LogP contribution < -0.4 is 5.32 Å². The van der Waals surface area contributed by atoms with Gasteiger partial charge >= 0.3 is 0 Å². The van der Waals surface area contributed by atoms with Crippen molar-refractivity contribution in [3.63, 3.8) is 0 Å². The standard InChI is InChI=1S/C11H24N2O2S/c1-4-5-10(2)12-11-6-8-13(9-7-11)16(3,14)15/h10-12H,4-9H2,1-3H3. The fourth-order valence-corrected chi connectivity index (χ4v) is 3.15. The first kappa shape index (κ1) is 13.9. The average Bonchev–Trinajstić information content (AvgIpc) is 2.17. The molecule has 0 aliphatic carbocycles. The quantitative estimate of drug-likeness (QED) is 0.795. The van der Waals surface area contributed by atoms with E-state index in [1.807, 2.05) is 0 Å². The molecule has 0 radical (unpaired) electrons. The molecule has 1 heterocycles. The normalized spacial score (nSPS) is 22.2. The Balaban J connectivity index is 2.32. The van der Waals surface area contributed by atoms with Gasteiger partial charge in [-0.15, -0.1) is 0 Å². The molecule has 0 aromatic heterocycles. The van der Waals surface area contributed by atoms with Gasteiger partial charge in [-0.3, -0.25) is 0 Å². The summed E-state index contributed by atoms with van der Waals surface area (Å²) in [5.74, 6) is 0. The lowest BCUT2D eigenvalue weighted by Crippen LogP contribution is -2.46. The lowest BCUT2D eigenvalue weighted by Gasteiger charge is -2.32. The maximum Gasteiger partial charge on any atom is 0.211 e. The van der Waals surface area contributed by atoms with Crippen LogP contribution in [0.1, 0.15) is 39.5 Å². The molecular formula is C11H24N2O2S. The third-order valence-electron chi connectivity index (χ3n) is 3.16. The topological polar surface area (TPSA) is 49.4 Å². The minimum absolute atomic E-state index is 0.486. The highest BCUT2D eigenvalue weighted by atomic mass is 32.2. The van der Waals surface area contributed by atoms with E-state index in [1.54, 1.807) is 4.31 Å². The van der Waals surface area contributed by atoms with E-state index < -0.39 is 10.0 Å². The Bertz CT molecular complexity index is 295. The second kappa shape index (κ2) is 5.98. The van der Waals surface area contributed by atoms with Gasteiger partial charge in [0, 0.05) is 25.2 Å². The summed E-state index contributed by atoms with van der Waals surface area (Å²) in [5, 5.41) is 3.57. The molecule has 4 nitrogen and oxygen atoms in total. The van der Waals surface area contributed by atoms with E-state index in [2.05, 4.69) is 19.2 Å². The van der Waals surface area contributed by atoms with Gasteiger partial charge in [-0.05, 0) is 26.2 Å². The minimum Gasteiger partial charge on any atom is -0.311 e. The molecule has 0 amide bonds. The van der Waals surface area contributed by atoms with Crippen LogP contribution in [0.4, 0.5) is 0 Å². The smallest absolute Gasteiger partial charge is 0.211 e. The van der Waals surface area contributed by atoms with Gasteiger partial charge in [0.15, 0.2) is 0 Å². The highest BCUT2D eigenvalue weighted by Gasteiger charge is 2.25. The average molecular weight is 248 g/mol. The summed E-state index contributed by atoms with van der Waals surface area (Å²) in [6, 6.07) is 1.03. The van der Waals surface area contributed by atoms with Crippen molar-refractivity contribution < 1.29 is 8.42 Å². The van der Waals surface area contributed by atoms with E-state index in [4.69, 9.17) is 0 Å². The van der Waals surface area contributed by atoms with Crippen LogP contribution in [-0.4, -0.2) is 44.2 Å². The third-order valence-corrected chi connectivity index (χ3v) is 4.47. The SMILES string of the molecule is CCCC(C)NC1CCN(S(C)(=O)=O)CC1. The first-order valence-corrected chi connectivity index (χ1v) is 7.99. The highest BCUT2D eigenvalue weighted by Crippen LogP contribution is 2.14. The van der Waals surface area contributed by atoms with Gasteiger partial charge in [0.25, 0.3) is 0 Å². The summed E-state index contributed by atoms with van der Waals surface area (Å²) < 4.78 is 24.2. The van der Waals surface area contributed by atoms with Crippen molar-refractivity contribution in [1.29, 1.82) is 0 Å². The van der Waals surface area contributed by atoms with Gasteiger partial charge in [-0.2, -0.15) is 0 Å². The fourth-order valence-electron chi connectivity index (χ4n) is 2.27. The van der Waals surface area contributed by atoms with Crippen molar-refractivity contribution >= 4 is 10.0 Å². The Morgan fingerprint density at radius 1 is 1.38 bits per heavy atom. The molecule has 96 valence electrons. The zero-order chi connectivity index (χ0) is 12.2. The second-order valence-corrected chi connectivity index (χ2v) is 6.78. The largest absolute Gasteiger partial charge is 0.311 e. The van der Waals surface area contributed by atoms with Crippen molar-refractivity contribution in [2.45, 2.75) is 51.6 Å². The first-order valence-electron chi connectivity index (χ1n) is 6.14. The van der Waals surface area contributed by atoms with Crippen LogP contribution in [0, 0.1) is 0 Å². The molecule has 1 N–H and O–H groups in total. The highest BCUT2D eigenvalue weighted by molar-refractivity contribution is 7.88. The molecule has 1 aliphatic rings. The maximum atomic E-state index is 11.3. The van der Waals surface area contributed by atoms with Gasteiger partial charge in [-0.1, -0.05) is 13.3 Å². The number of nitrogens with one attached hydrogen (secondary N) is 1. The molecule has 1 unspecified atom stereocenters. The van der Waals surface area contributed by atoms with Gasteiger partial charge in [-0.25, -0.2) is 12.7 Å². The molecule has 1 atom stereocenters. The third kappa shape index (κ3) is 4.39. The molecular weight excluding hydrogens is 224 g/mol. The van der Waals surface area contributed by atoms with E-state index in [0.29, 0.717) is 25.2 Å². The molecule has 0 bridgehead atoms. The summed E-state index contributed by atoms with van der Waals surface area (Å²) in [7, 11) is -2.98. The second-order valence-electron chi connectivity index (χ2n) is 4.79. The summed E-state index contributed by atoms with van der Waals surface area (Å²) in [4.78, 5) is 0. The van der Waals surface area contributed by atoms with E-state index in [0.717, 1.165) is 12.8 Å². The van der Waals surface area contributed by atoms with E-state index in [1.165, 1.54) is 19.1 Å². The van der Waals surface area contributed by atoms with Gasteiger partial charge < -0.3 is 5.32 Å². The molecule has 1 rings (SSSR count). The number of rotatable bonds is 5. The zero-order valence-electron chi connectivity index (χ0n) is 10.6. The van der Waals surface area contributed by atoms with Crippen LogP contribution in [0.5, 0.6) is 0 Å². The van der Waals surface area contributed by atoms with Gasteiger partial charge in [0.05, 0.1) is 6.26 Å². The minimum atomic E-state index is -2.98. The number of sulfonamides is 1. The Kier molecular flexibility index (Phi) is 5.21. The number of hydrogen-bond acceptors (Lipinski definition) is 3. The molecule has 1 aliphatic heterocycles. The molecule has 0 saturated carbocycles. The van der Waals surface area contributed by atoms with Crippen LogP contribution in [0.3, 0.4) is 0 Å². The molecule has 0 spiro atoms. The van der Waals surface area contributed by atoms with Crippen molar-refractivity contribution in [3.05, 3.63) is 0 Å². The lowest BCUT2D eigenvalue weighted by molar-refractivity contribution is 0.274. The van der Waals surface area contributed by atoms with Crippen molar-refractivity contribution in [1.82, 2.24) is 9.62 Å². The predicted molar refractivity (Wildman–Crippen MR) is 66.9 cm³/mol. The van der Waals surface area contributed by atoms with Gasteiger partial charge in [0.2, 0.25) is 10.0 Å². The number of piperidine rings is 1. The maximum absolute atomic E-state index is 11.3. The van der Waals surface area contributed by atoms with Gasteiger partial charge in [0.1, 0.15) is 0 Å². The molecule has 5 heteroatoms. The van der Waals surface area contributed by atoms with Crippen LogP contribution in [0.15, 0.2) is 0 Å².